The van der Waals surface area contributed by atoms with Gasteiger partial charge in [0, 0.05) is 21.9 Å². The van der Waals surface area contributed by atoms with Crippen LogP contribution in [0.3, 0.4) is 0 Å². The number of benzene rings is 8. The van der Waals surface area contributed by atoms with Gasteiger partial charge in [0.2, 0.25) is 0 Å². The molecular formula is C48H31B2NO2. The Morgan fingerprint density at radius 3 is 1.64 bits per heavy atom. The Morgan fingerprint density at radius 1 is 0.358 bits per heavy atom. The van der Waals surface area contributed by atoms with Gasteiger partial charge < -0.3 is 14.0 Å². The minimum absolute atomic E-state index is 0.0986. The predicted molar refractivity (Wildman–Crippen MR) is 221 cm³/mol. The molecule has 2 aliphatic rings. The van der Waals surface area contributed by atoms with Gasteiger partial charge in [0.15, 0.2) is 0 Å². The fourth-order valence-electron chi connectivity index (χ4n) is 8.88. The second-order valence-electron chi connectivity index (χ2n) is 13.9. The fraction of sp³-hybridized carbons (Fsp3) is 0. The zero-order valence-electron chi connectivity index (χ0n) is 28.8. The quantitative estimate of drug-likeness (QED) is 0.179. The molecule has 3 heterocycles. The Hall–Kier alpha value is -6.71. The van der Waals surface area contributed by atoms with Gasteiger partial charge in [0.1, 0.15) is 23.0 Å². The van der Waals surface area contributed by atoms with Crippen LogP contribution in [0.2, 0.25) is 0 Å². The molecular weight excluding hydrogens is 644 g/mol. The summed E-state index contributed by atoms with van der Waals surface area (Å²) in [6.45, 7) is -0.224. The van der Waals surface area contributed by atoms with Crippen molar-refractivity contribution in [2.75, 3.05) is 0 Å². The van der Waals surface area contributed by atoms with Crippen LogP contribution < -0.4 is 42.3 Å². The molecule has 0 bridgehead atoms. The van der Waals surface area contributed by atoms with Gasteiger partial charge in [0.05, 0.1) is 11.0 Å². The van der Waals surface area contributed by atoms with E-state index in [0.29, 0.717) is 0 Å². The van der Waals surface area contributed by atoms with E-state index in [4.69, 9.17) is 9.47 Å². The van der Waals surface area contributed by atoms with Crippen LogP contribution in [0.15, 0.2) is 188 Å². The molecule has 0 saturated heterocycles. The first-order chi connectivity index (χ1) is 26.3. The number of fused-ring (bicyclic) bond motifs is 8. The lowest BCUT2D eigenvalue weighted by Crippen LogP contribution is -2.61. The predicted octanol–water partition coefficient (Wildman–Crippen LogP) is 7.69. The zero-order chi connectivity index (χ0) is 34.9. The van der Waals surface area contributed by atoms with Crippen molar-refractivity contribution in [3.8, 4) is 39.8 Å². The molecule has 0 saturated carbocycles. The lowest BCUT2D eigenvalue weighted by Gasteiger charge is -2.34. The number of hydrogen-bond donors (Lipinski definition) is 0. The van der Waals surface area contributed by atoms with Crippen molar-refractivity contribution in [2.45, 2.75) is 0 Å². The zero-order valence-corrected chi connectivity index (χ0v) is 28.8. The average Bonchev–Trinajstić information content (AvgIpc) is 3.56. The van der Waals surface area contributed by atoms with Gasteiger partial charge in [-0.15, -0.1) is 0 Å². The van der Waals surface area contributed by atoms with Gasteiger partial charge in [-0.1, -0.05) is 157 Å². The maximum Gasteiger partial charge on any atom is 0.256 e. The van der Waals surface area contributed by atoms with Crippen LogP contribution in [0.1, 0.15) is 0 Å². The molecule has 0 spiro atoms. The molecule has 1 aromatic heterocycles. The number of hydrogen-bond acceptors (Lipinski definition) is 2. The van der Waals surface area contributed by atoms with Gasteiger partial charge >= 0.3 is 0 Å². The number of aromatic nitrogens is 1. The van der Waals surface area contributed by atoms with Crippen molar-refractivity contribution in [1.29, 1.82) is 0 Å². The third-order valence-electron chi connectivity index (χ3n) is 11.1. The molecule has 0 fully saturated rings. The smallest absolute Gasteiger partial charge is 0.256 e. The normalized spacial score (nSPS) is 12.8. The van der Waals surface area contributed by atoms with Crippen LogP contribution >= 0.6 is 0 Å². The summed E-state index contributed by atoms with van der Waals surface area (Å²) >= 11 is 0. The maximum atomic E-state index is 7.12. The topological polar surface area (TPSA) is 23.4 Å². The van der Waals surface area contributed by atoms with E-state index in [9.17, 15) is 0 Å². The summed E-state index contributed by atoms with van der Waals surface area (Å²) in [4.78, 5) is 0. The van der Waals surface area contributed by atoms with E-state index in [2.05, 4.69) is 193 Å². The highest BCUT2D eigenvalue weighted by molar-refractivity contribution is 7.01. The maximum absolute atomic E-state index is 7.12. The minimum Gasteiger partial charge on any atom is -0.459 e. The van der Waals surface area contributed by atoms with E-state index < -0.39 is 0 Å². The highest BCUT2D eigenvalue weighted by atomic mass is 16.5. The molecule has 0 amide bonds. The lowest BCUT2D eigenvalue weighted by molar-refractivity contribution is 0.469. The molecule has 8 aromatic carbocycles. The van der Waals surface area contributed by atoms with E-state index in [-0.39, 0.29) is 13.4 Å². The highest BCUT2D eigenvalue weighted by Crippen LogP contribution is 2.35. The number of nitrogens with zero attached hydrogens (tertiary/aromatic N) is 1. The van der Waals surface area contributed by atoms with Crippen LogP contribution in [0, 0.1) is 0 Å². The van der Waals surface area contributed by atoms with E-state index in [0.717, 1.165) is 50.5 Å². The Morgan fingerprint density at radius 2 is 0.906 bits per heavy atom. The Balaban J connectivity index is 1.19. The summed E-state index contributed by atoms with van der Waals surface area (Å²) in [5.74, 6) is 3.43. The number of rotatable bonds is 4. The van der Waals surface area contributed by atoms with E-state index in [1.165, 1.54) is 43.9 Å². The third-order valence-corrected chi connectivity index (χ3v) is 11.1. The van der Waals surface area contributed by atoms with E-state index in [1.54, 1.807) is 0 Å². The monoisotopic (exact) mass is 675 g/mol. The molecule has 0 aliphatic carbocycles. The van der Waals surface area contributed by atoms with Crippen molar-refractivity contribution < 1.29 is 9.47 Å². The van der Waals surface area contributed by atoms with Crippen LogP contribution in [-0.2, 0) is 0 Å². The molecule has 246 valence electrons. The first-order valence-corrected chi connectivity index (χ1v) is 18.3. The number of para-hydroxylation sites is 5. The van der Waals surface area contributed by atoms with Crippen molar-refractivity contribution in [3.63, 3.8) is 0 Å². The van der Waals surface area contributed by atoms with E-state index in [1.807, 2.05) is 0 Å². The second-order valence-corrected chi connectivity index (χ2v) is 13.9. The Bertz CT molecular complexity index is 2830. The third kappa shape index (κ3) is 4.57. The summed E-state index contributed by atoms with van der Waals surface area (Å²) in [5.41, 5.74) is 12.8. The van der Waals surface area contributed by atoms with Gasteiger partial charge in [-0.3, -0.25) is 0 Å². The molecule has 3 nitrogen and oxygen atoms in total. The molecule has 0 unspecified atom stereocenters. The number of ether oxygens (including phenoxy) is 2. The standard InChI is InChI=1S/C48H31B2NO2/c1-2-16-32(17-3-1)33-18-4-7-21-36(33)50-39-24-10-14-28-44(39)52-46-31-30-40-48(47(46)50)53-45-29-15-9-23-38(45)49(40)37-22-8-13-27-43(37)51-41-25-11-5-19-34(41)35-20-6-12-26-42(35)51/h1-31H. The summed E-state index contributed by atoms with van der Waals surface area (Å²) in [5, 5.41) is 2.49. The molecule has 5 heteroatoms. The second kappa shape index (κ2) is 11.9. The van der Waals surface area contributed by atoms with Gasteiger partial charge in [0.25, 0.3) is 13.4 Å². The highest BCUT2D eigenvalue weighted by Gasteiger charge is 2.42. The first-order valence-electron chi connectivity index (χ1n) is 18.3. The molecule has 53 heavy (non-hydrogen) atoms. The van der Waals surface area contributed by atoms with Crippen molar-refractivity contribution in [3.05, 3.63) is 188 Å². The Labute approximate surface area is 308 Å². The summed E-state index contributed by atoms with van der Waals surface area (Å²) < 4.78 is 16.3. The molecule has 2 aliphatic heterocycles. The molecule has 0 N–H and O–H groups in total. The van der Waals surface area contributed by atoms with Crippen LogP contribution in [0.25, 0.3) is 38.6 Å². The van der Waals surface area contributed by atoms with Crippen molar-refractivity contribution in [2.24, 2.45) is 0 Å². The van der Waals surface area contributed by atoms with Crippen LogP contribution in [0.5, 0.6) is 23.0 Å². The van der Waals surface area contributed by atoms with Crippen LogP contribution in [-0.4, -0.2) is 18.0 Å². The fourth-order valence-corrected chi connectivity index (χ4v) is 8.88. The van der Waals surface area contributed by atoms with Crippen LogP contribution in [0.4, 0.5) is 0 Å². The van der Waals surface area contributed by atoms with Crippen molar-refractivity contribution in [1.82, 2.24) is 4.57 Å². The molecule has 9 aromatic rings. The van der Waals surface area contributed by atoms with E-state index >= 15 is 0 Å². The SMILES string of the molecule is c1ccc(-c2ccccc2B2c3ccccc3Oc3ccc4c(c32)Oc2ccccc2B4c2ccccc2-n2c3ccccc3c3ccccc32)cc1. The summed E-state index contributed by atoms with van der Waals surface area (Å²) in [6, 6.07) is 67.2. The van der Waals surface area contributed by atoms with Gasteiger partial charge in [-0.2, -0.15) is 0 Å². The molecule has 0 radical (unpaired) electrons. The van der Waals surface area contributed by atoms with Crippen molar-refractivity contribution >= 4 is 68.0 Å². The first kappa shape index (κ1) is 30.0. The summed E-state index contributed by atoms with van der Waals surface area (Å²) in [6.07, 6.45) is 0. The molecule has 0 atom stereocenters. The average molecular weight is 675 g/mol. The minimum atomic E-state index is -0.125. The summed E-state index contributed by atoms with van der Waals surface area (Å²) in [7, 11) is 0. The lowest BCUT2D eigenvalue weighted by atomic mass is 9.31. The Kier molecular flexibility index (Phi) is 6.75. The van der Waals surface area contributed by atoms with Gasteiger partial charge in [-0.05, 0) is 69.4 Å². The molecule has 11 rings (SSSR count). The van der Waals surface area contributed by atoms with Gasteiger partial charge in [-0.25, -0.2) is 0 Å². The largest absolute Gasteiger partial charge is 0.459 e.